The first-order valence-electron chi connectivity index (χ1n) is 6.63. The van der Waals surface area contributed by atoms with Gasteiger partial charge in [-0.2, -0.15) is 0 Å². The van der Waals surface area contributed by atoms with Crippen molar-refractivity contribution in [2.45, 2.75) is 38.1 Å². The number of furan rings is 1. The van der Waals surface area contributed by atoms with Crippen LogP contribution in [0.2, 0.25) is 0 Å². The van der Waals surface area contributed by atoms with Crippen LogP contribution in [0.1, 0.15) is 30.7 Å². The molecule has 0 spiro atoms. The summed E-state index contributed by atoms with van der Waals surface area (Å²) in [6, 6.07) is 4.60. The zero-order valence-electron chi connectivity index (χ0n) is 10.4. The molecule has 96 valence electrons. The van der Waals surface area contributed by atoms with Crippen LogP contribution < -0.4 is 5.32 Å². The Bertz CT molecular complexity index is 472. The lowest BCUT2D eigenvalue weighted by atomic mass is 10.2. The minimum atomic E-state index is 0.745. The first-order valence-corrected chi connectivity index (χ1v) is 7.51. The Morgan fingerprint density at radius 3 is 3.06 bits per heavy atom. The molecule has 4 heteroatoms. The molecule has 18 heavy (non-hydrogen) atoms. The van der Waals surface area contributed by atoms with E-state index < -0.39 is 0 Å². The summed E-state index contributed by atoms with van der Waals surface area (Å²) in [5.74, 6) is 0.862. The van der Waals surface area contributed by atoms with Gasteiger partial charge in [0.25, 0.3) is 0 Å². The van der Waals surface area contributed by atoms with Gasteiger partial charge in [0.15, 0.2) is 5.76 Å². The normalized spacial score (nSPS) is 16.4. The largest absolute Gasteiger partial charge is 0.463 e. The van der Waals surface area contributed by atoms with Gasteiger partial charge in [0.1, 0.15) is 5.69 Å². The number of nitrogens with zero attached hydrogens (tertiary/aromatic N) is 1. The van der Waals surface area contributed by atoms with Crippen molar-refractivity contribution in [2.75, 3.05) is 6.54 Å². The average molecular weight is 262 g/mol. The predicted molar refractivity (Wildman–Crippen MR) is 73.8 cm³/mol. The Labute approximate surface area is 111 Å². The summed E-state index contributed by atoms with van der Waals surface area (Å²) < 4.78 is 5.35. The molecule has 3 nitrogen and oxygen atoms in total. The zero-order valence-corrected chi connectivity index (χ0v) is 11.2. The first kappa shape index (κ1) is 11.9. The fourth-order valence-corrected chi connectivity index (χ4v) is 3.26. The molecule has 1 saturated carbocycles. The maximum atomic E-state index is 5.35. The number of thiazole rings is 1. The topological polar surface area (TPSA) is 38.1 Å². The van der Waals surface area contributed by atoms with E-state index in [-0.39, 0.29) is 0 Å². The van der Waals surface area contributed by atoms with Crippen molar-refractivity contribution in [3.05, 3.63) is 28.8 Å². The minimum absolute atomic E-state index is 0.745. The molecular weight excluding hydrogens is 244 g/mol. The highest BCUT2D eigenvalue weighted by atomic mass is 32.1. The second-order valence-corrected chi connectivity index (χ2v) is 5.73. The summed E-state index contributed by atoms with van der Waals surface area (Å²) in [6.45, 7) is 1.04. The van der Waals surface area contributed by atoms with Crippen LogP contribution in [-0.2, 0) is 6.42 Å². The van der Waals surface area contributed by atoms with E-state index in [1.54, 1.807) is 17.6 Å². The molecule has 0 bridgehead atoms. The molecule has 1 aliphatic carbocycles. The highest BCUT2D eigenvalue weighted by Gasteiger charge is 2.14. The van der Waals surface area contributed by atoms with Gasteiger partial charge in [0.2, 0.25) is 0 Å². The van der Waals surface area contributed by atoms with Crippen LogP contribution in [0.4, 0.5) is 0 Å². The van der Waals surface area contributed by atoms with Gasteiger partial charge in [0, 0.05) is 24.4 Å². The lowest BCUT2D eigenvalue weighted by Gasteiger charge is -2.10. The molecule has 1 fully saturated rings. The molecule has 0 amide bonds. The van der Waals surface area contributed by atoms with E-state index in [0.717, 1.165) is 30.5 Å². The number of hydrogen-bond acceptors (Lipinski definition) is 4. The van der Waals surface area contributed by atoms with Gasteiger partial charge in [-0.15, -0.1) is 11.3 Å². The highest BCUT2D eigenvalue weighted by Crippen LogP contribution is 2.22. The Morgan fingerprint density at radius 1 is 1.39 bits per heavy atom. The summed E-state index contributed by atoms with van der Waals surface area (Å²) in [4.78, 5) is 4.60. The Kier molecular flexibility index (Phi) is 3.76. The number of nitrogens with one attached hydrogen (secondary N) is 1. The molecule has 2 aromatic heterocycles. The smallest absolute Gasteiger partial charge is 0.153 e. The predicted octanol–water partition coefficient (Wildman–Crippen LogP) is 3.48. The Morgan fingerprint density at radius 2 is 2.28 bits per heavy atom. The lowest BCUT2D eigenvalue weighted by Crippen LogP contribution is -2.27. The fourth-order valence-electron chi connectivity index (χ4n) is 2.48. The second-order valence-electron chi connectivity index (χ2n) is 4.79. The third kappa shape index (κ3) is 2.82. The van der Waals surface area contributed by atoms with Crippen molar-refractivity contribution >= 4 is 11.3 Å². The molecule has 2 aromatic rings. The number of hydrogen-bond donors (Lipinski definition) is 1. The van der Waals surface area contributed by atoms with Gasteiger partial charge in [-0.25, -0.2) is 4.98 Å². The van der Waals surface area contributed by atoms with Crippen LogP contribution in [0.15, 0.2) is 28.2 Å². The summed E-state index contributed by atoms with van der Waals surface area (Å²) >= 11 is 1.72. The van der Waals surface area contributed by atoms with Crippen LogP contribution in [-0.4, -0.2) is 17.6 Å². The number of rotatable bonds is 5. The van der Waals surface area contributed by atoms with Crippen molar-refractivity contribution in [2.24, 2.45) is 0 Å². The summed E-state index contributed by atoms with van der Waals surface area (Å²) in [5, 5.41) is 6.88. The molecule has 0 aliphatic heterocycles. The van der Waals surface area contributed by atoms with Gasteiger partial charge in [0.05, 0.1) is 11.3 Å². The summed E-state index contributed by atoms with van der Waals surface area (Å²) in [6.07, 6.45) is 8.16. The average Bonchev–Trinajstić information content (AvgIpc) is 3.12. The van der Waals surface area contributed by atoms with Crippen LogP contribution >= 0.6 is 11.3 Å². The molecule has 0 aromatic carbocycles. The van der Waals surface area contributed by atoms with E-state index in [1.807, 2.05) is 12.1 Å². The van der Waals surface area contributed by atoms with Gasteiger partial charge < -0.3 is 9.73 Å². The molecule has 0 unspecified atom stereocenters. The molecule has 3 rings (SSSR count). The van der Waals surface area contributed by atoms with Crippen molar-refractivity contribution in [1.29, 1.82) is 0 Å². The highest BCUT2D eigenvalue weighted by molar-refractivity contribution is 7.09. The van der Waals surface area contributed by atoms with Crippen LogP contribution in [0.25, 0.3) is 11.5 Å². The zero-order chi connectivity index (χ0) is 12.2. The molecule has 0 atom stereocenters. The van der Waals surface area contributed by atoms with E-state index in [1.165, 1.54) is 30.7 Å². The standard InChI is InChI=1S/C14H18N2OS/c1-2-5-11(4-1)15-8-7-14-16-12(10-18-14)13-6-3-9-17-13/h3,6,9-11,15H,1-2,4-5,7-8H2. The Hall–Kier alpha value is -1.13. The molecule has 0 radical (unpaired) electrons. The summed E-state index contributed by atoms with van der Waals surface area (Å²) in [5.41, 5.74) is 0.959. The molecular formula is C14H18N2OS. The molecule has 1 N–H and O–H groups in total. The molecule has 0 saturated heterocycles. The quantitative estimate of drug-likeness (QED) is 0.896. The van der Waals surface area contributed by atoms with E-state index in [0.29, 0.717) is 0 Å². The van der Waals surface area contributed by atoms with Crippen molar-refractivity contribution < 1.29 is 4.42 Å². The van der Waals surface area contributed by atoms with Crippen LogP contribution in [0, 0.1) is 0 Å². The number of aromatic nitrogens is 1. The van der Waals surface area contributed by atoms with E-state index in [9.17, 15) is 0 Å². The lowest BCUT2D eigenvalue weighted by molar-refractivity contribution is 0.527. The third-order valence-corrected chi connectivity index (χ3v) is 4.36. The second kappa shape index (κ2) is 5.67. The Balaban J connectivity index is 1.51. The van der Waals surface area contributed by atoms with Crippen molar-refractivity contribution in [3.8, 4) is 11.5 Å². The first-order chi connectivity index (χ1) is 8.92. The van der Waals surface area contributed by atoms with Crippen LogP contribution in [0.5, 0.6) is 0 Å². The van der Waals surface area contributed by atoms with Crippen molar-refractivity contribution in [1.82, 2.24) is 10.3 Å². The molecule has 1 aliphatic rings. The van der Waals surface area contributed by atoms with Crippen LogP contribution in [0.3, 0.4) is 0 Å². The van der Waals surface area contributed by atoms with E-state index in [2.05, 4.69) is 15.7 Å². The van der Waals surface area contributed by atoms with E-state index >= 15 is 0 Å². The van der Waals surface area contributed by atoms with E-state index in [4.69, 9.17) is 4.42 Å². The summed E-state index contributed by atoms with van der Waals surface area (Å²) in [7, 11) is 0. The van der Waals surface area contributed by atoms with Gasteiger partial charge in [-0.05, 0) is 25.0 Å². The van der Waals surface area contributed by atoms with Gasteiger partial charge >= 0.3 is 0 Å². The van der Waals surface area contributed by atoms with Gasteiger partial charge in [-0.1, -0.05) is 12.8 Å². The third-order valence-electron chi connectivity index (χ3n) is 3.45. The van der Waals surface area contributed by atoms with Crippen molar-refractivity contribution in [3.63, 3.8) is 0 Å². The fraction of sp³-hybridized carbons (Fsp3) is 0.500. The monoisotopic (exact) mass is 262 g/mol. The maximum Gasteiger partial charge on any atom is 0.153 e. The molecule has 2 heterocycles. The van der Waals surface area contributed by atoms with Gasteiger partial charge in [-0.3, -0.25) is 0 Å². The SMILES string of the molecule is c1coc(-c2csc(CCNC3CCCC3)n2)c1. The maximum absolute atomic E-state index is 5.35. The minimum Gasteiger partial charge on any atom is -0.463 e.